The summed E-state index contributed by atoms with van der Waals surface area (Å²) in [7, 11) is 1.71. The summed E-state index contributed by atoms with van der Waals surface area (Å²) < 4.78 is 11.9. The number of allylic oxidation sites excluding steroid dienone is 2. The van der Waals surface area contributed by atoms with Crippen LogP contribution >= 0.6 is 0 Å². The highest BCUT2D eigenvalue weighted by molar-refractivity contribution is 6.02. The Morgan fingerprint density at radius 3 is 2.32 bits per heavy atom. The maximum Gasteiger partial charge on any atom is 0.127 e. The van der Waals surface area contributed by atoms with Crippen molar-refractivity contribution in [2.24, 2.45) is 0 Å². The molecule has 5 rings (SSSR count). The average Bonchev–Trinajstić information content (AvgIpc) is 2.87. The van der Waals surface area contributed by atoms with Gasteiger partial charge < -0.3 is 9.47 Å². The Labute approximate surface area is 202 Å². The lowest BCUT2D eigenvalue weighted by Gasteiger charge is -2.18. The SMILES string of the molecule is COc1ccc2c(-c3ccccc3C3=CCCCCCC3)ccc(OCc3ccccc3)c2c1. The molecular formula is C32H32O2. The van der Waals surface area contributed by atoms with Gasteiger partial charge in [0.1, 0.15) is 18.1 Å². The normalized spacial score (nSPS) is 14.2. The molecule has 0 aromatic heterocycles. The van der Waals surface area contributed by atoms with E-state index >= 15 is 0 Å². The third-order valence-electron chi connectivity index (χ3n) is 6.78. The van der Waals surface area contributed by atoms with Gasteiger partial charge in [-0.15, -0.1) is 0 Å². The lowest BCUT2D eigenvalue weighted by Crippen LogP contribution is -1.98. The molecule has 2 heteroatoms. The minimum absolute atomic E-state index is 0.538. The summed E-state index contributed by atoms with van der Waals surface area (Å²) in [5, 5.41) is 2.26. The number of hydrogen-bond donors (Lipinski definition) is 0. The molecule has 0 fully saturated rings. The van der Waals surface area contributed by atoms with Crippen LogP contribution < -0.4 is 9.47 Å². The summed E-state index contributed by atoms with van der Waals surface area (Å²) in [6.45, 7) is 0.538. The van der Waals surface area contributed by atoms with Crippen LogP contribution in [0.2, 0.25) is 0 Å². The zero-order chi connectivity index (χ0) is 23.2. The molecule has 0 radical (unpaired) electrons. The van der Waals surface area contributed by atoms with Crippen LogP contribution in [-0.2, 0) is 6.61 Å². The number of benzene rings is 4. The minimum Gasteiger partial charge on any atom is -0.497 e. The first-order valence-electron chi connectivity index (χ1n) is 12.4. The number of hydrogen-bond acceptors (Lipinski definition) is 2. The molecule has 0 spiro atoms. The van der Waals surface area contributed by atoms with Gasteiger partial charge in [0.05, 0.1) is 7.11 Å². The van der Waals surface area contributed by atoms with Gasteiger partial charge in [0, 0.05) is 5.39 Å². The number of fused-ring (bicyclic) bond motifs is 1. The van der Waals surface area contributed by atoms with Crippen molar-refractivity contribution in [1.29, 1.82) is 0 Å². The highest BCUT2D eigenvalue weighted by Crippen LogP contribution is 2.40. The summed E-state index contributed by atoms with van der Waals surface area (Å²) in [6.07, 6.45) is 10.0. The zero-order valence-electron chi connectivity index (χ0n) is 19.9. The fourth-order valence-electron chi connectivity index (χ4n) is 4.96. The summed E-state index contributed by atoms with van der Waals surface area (Å²) in [6, 6.07) is 29.8. The van der Waals surface area contributed by atoms with Crippen molar-refractivity contribution in [3.8, 4) is 22.6 Å². The topological polar surface area (TPSA) is 18.5 Å². The molecule has 2 nitrogen and oxygen atoms in total. The Morgan fingerprint density at radius 1 is 0.676 bits per heavy atom. The summed E-state index contributed by atoms with van der Waals surface area (Å²) >= 11 is 0. The van der Waals surface area contributed by atoms with E-state index in [0.29, 0.717) is 6.61 Å². The molecule has 172 valence electrons. The molecule has 1 aliphatic rings. The van der Waals surface area contributed by atoms with Gasteiger partial charge in [0.25, 0.3) is 0 Å². The molecule has 4 aromatic rings. The Morgan fingerprint density at radius 2 is 1.47 bits per heavy atom. The number of methoxy groups -OCH3 is 1. The van der Waals surface area contributed by atoms with E-state index in [1.165, 1.54) is 59.8 Å². The van der Waals surface area contributed by atoms with Crippen LogP contribution in [0.25, 0.3) is 27.5 Å². The van der Waals surface area contributed by atoms with Crippen molar-refractivity contribution >= 4 is 16.3 Å². The maximum atomic E-state index is 6.31. The second-order valence-electron chi connectivity index (χ2n) is 9.02. The summed E-state index contributed by atoms with van der Waals surface area (Å²) in [5.74, 6) is 1.72. The van der Waals surface area contributed by atoms with E-state index in [1.807, 2.05) is 24.3 Å². The van der Waals surface area contributed by atoms with E-state index < -0.39 is 0 Å². The molecule has 0 heterocycles. The maximum absolute atomic E-state index is 6.31. The first-order valence-corrected chi connectivity index (χ1v) is 12.4. The molecule has 0 aliphatic heterocycles. The standard InChI is InChI=1S/C32H32O2/c1-33-26-18-19-30-29(20-21-32(31(30)22-26)34-23-24-12-6-5-7-13-24)28-17-11-10-16-27(28)25-14-8-3-2-4-9-15-25/h5-7,10-14,16-22H,2-4,8-9,15,23H2,1H3. The van der Waals surface area contributed by atoms with Crippen LogP contribution in [-0.4, -0.2) is 7.11 Å². The largest absolute Gasteiger partial charge is 0.497 e. The zero-order valence-corrected chi connectivity index (χ0v) is 19.9. The van der Waals surface area contributed by atoms with Gasteiger partial charge in [-0.25, -0.2) is 0 Å². The smallest absolute Gasteiger partial charge is 0.127 e. The van der Waals surface area contributed by atoms with Crippen molar-refractivity contribution in [3.63, 3.8) is 0 Å². The molecule has 0 saturated heterocycles. The van der Waals surface area contributed by atoms with Gasteiger partial charge in [-0.3, -0.25) is 0 Å². The Bertz CT molecular complexity index is 1290. The average molecular weight is 449 g/mol. The monoisotopic (exact) mass is 448 g/mol. The number of ether oxygens (including phenoxy) is 2. The van der Waals surface area contributed by atoms with Crippen molar-refractivity contribution in [2.75, 3.05) is 7.11 Å². The minimum atomic E-state index is 0.538. The fourth-order valence-corrected chi connectivity index (χ4v) is 4.96. The van der Waals surface area contributed by atoms with Gasteiger partial charge >= 0.3 is 0 Å². The molecule has 4 aromatic carbocycles. The molecule has 0 amide bonds. The predicted molar refractivity (Wildman–Crippen MR) is 142 cm³/mol. The molecule has 0 saturated carbocycles. The van der Waals surface area contributed by atoms with Crippen molar-refractivity contribution in [2.45, 2.75) is 45.1 Å². The van der Waals surface area contributed by atoms with Gasteiger partial charge in [0.15, 0.2) is 0 Å². The van der Waals surface area contributed by atoms with E-state index in [9.17, 15) is 0 Å². The van der Waals surface area contributed by atoms with Crippen LogP contribution in [0.1, 0.15) is 49.7 Å². The van der Waals surface area contributed by atoms with E-state index in [-0.39, 0.29) is 0 Å². The van der Waals surface area contributed by atoms with E-state index in [1.54, 1.807) is 7.11 Å². The van der Waals surface area contributed by atoms with Gasteiger partial charge in [-0.05, 0) is 83.2 Å². The predicted octanol–water partition coefficient (Wildman–Crippen LogP) is 8.83. The highest BCUT2D eigenvalue weighted by atomic mass is 16.5. The molecule has 0 bridgehead atoms. The lowest BCUT2D eigenvalue weighted by molar-refractivity contribution is 0.310. The molecule has 34 heavy (non-hydrogen) atoms. The van der Waals surface area contributed by atoms with Crippen LogP contribution in [0.4, 0.5) is 0 Å². The second kappa shape index (κ2) is 10.6. The first kappa shape index (κ1) is 22.3. The Kier molecular flexibility index (Phi) is 6.95. The molecule has 0 unspecified atom stereocenters. The lowest BCUT2D eigenvalue weighted by atomic mass is 9.87. The first-order chi connectivity index (χ1) is 16.8. The molecule has 0 atom stereocenters. The number of rotatable bonds is 6. The van der Waals surface area contributed by atoms with Gasteiger partial charge in [0.2, 0.25) is 0 Å². The van der Waals surface area contributed by atoms with E-state index in [4.69, 9.17) is 9.47 Å². The Balaban J connectivity index is 1.59. The van der Waals surface area contributed by atoms with Crippen LogP contribution in [0.5, 0.6) is 11.5 Å². The van der Waals surface area contributed by atoms with Gasteiger partial charge in [-0.1, -0.05) is 79.6 Å². The molecular weight excluding hydrogens is 416 g/mol. The summed E-state index contributed by atoms with van der Waals surface area (Å²) in [5.41, 5.74) is 6.53. The van der Waals surface area contributed by atoms with Crippen molar-refractivity contribution in [1.82, 2.24) is 0 Å². The van der Waals surface area contributed by atoms with Crippen molar-refractivity contribution in [3.05, 3.63) is 102 Å². The summed E-state index contributed by atoms with van der Waals surface area (Å²) in [4.78, 5) is 0. The fraction of sp³-hybridized carbons (Fsp3) is 0.250. The van der Waals surface area contributed by atoms with E-state index in [0.717, 1.165) is 28.9 Å². The molecule has 0 N–H and O–H groups in total. The molecule has 1 aliphatic carbocycles. The third kappa shape index (κ3) is 4.87. The van der Waals surface area contributed by atoms with Crippen LogP contribution in [0, 0.1) is 0 Å². The third-order valence-corrected chi connectivity index (χ3v) is 6.78. The Hall–Kier alpha value is -3.52. The van der Waals surface area contributed by atoms with Crippen LogP contribution in [0.3, 0.4) is 0 Å². The second-order valence-corrected chi connectivity index (χ2v) is 9.02. The highest BCUT2D eigenvalue weighted by Gasteiger charge is 2.15. The van der Waals surface area contributed by atoms with Crippen molar-refractivity contribution < 1.29 is 9.47 Å². The van der Waals surface area contributed by atoms with Gasteiger partial charge in [-0.2, -0.15) is 0 Å². The van der Waals surface area contributed by atoms with E-state index in [2.05, 4.69) is 66.7 Å². The quantitative estimate of drug-likeness (QED) is 0.293. The van der Waals surface area contributed by atoms with Crippen LogP contribution in [0.15, 0.2) is 91.0 Å².